The summed E-state index contributed by atoms with van der Waals surface area (Å²) in [5.41, 5.74) is 0.781. The number of nitro groups is 1. The zero-order valence-electron chi connectivity index (χ0n) is 13.1. The Balaban J connectivity index is 1.87. The molecule has 0 aliphatic carbocycles. The molecular formula is C15H17N3O5S. The molecule has 0 radical (unpaired) electrons. The van der Waals surface area contributed by atoms with E-state index in [0.717, 1.165) is 5.56 Å². The van der Waals surface area contributed by atoms with Crippen LogP contribution in [0.5, 0.6) is 0 Å². The summed E-state index contributed by atoms with van der Waals surface area (Å²) in [6, 6.07) is 5.31. The van der Waals surface area contributed by atoms with Crippen LogP contribution in [0.4, 0.5) is 10.5 Å². The molecular weight excluding hydrogens is 334 g/mol. The second-order valence-electron chi connectivity index (χ2n) is 5.57. The number of nitrogens with zero attached hydrogens (tertiary/aromatic N) is 3. The molecule has 2 heterocycles. The minimum atomic E-state index is -0.536. The summed E-state index contributed by atoms with van der Waals surface area (Å²) < 4.78 is 5.05. The van der Waals surface area contributed by atoms with Gasteiger partial charge in [0, 0.05) is 38.1 Å². The molecule has 9 heteroatoms. The standard InChI is InChI=1S/C15H17N3O5S/c1-23-8-6-16-12(10-2-4-11(5-3-10)18(21)22)13(14(16)19)17-7-9-24-15(17)20/h2-5,12-13H,6-9H2,1H3/t12-,13+/m1/s1. The molecule has 8 nitrogen and oxygen atoms in total. The van der Waals surface area contributed by atoms with Gasteiger partial charge in [0.1, 0.15) is 6.04 Å². The molecule has 3 rings (SSSR count). The zero-order chi connectivity index (χ0) is 17.3. The lowest BCUT2D eigenvalue weighted by Gasteiger charge is -2.50. The molecule has 0 unspecified atom stereocenters. The van der Waals surface area contributed by atoms with E-state index in [1.54, 1.807) is 29.0 Å². The number of amides is 2. The van der Waals surface area contributed by atoms with Crippen molar-refractivity contribution in [1.82, 2.24) is 9.80 Å². The van der Waals surface area contributed by atoms with Crippen molar-refractivity contribution in [3.8, 4) is 0 Å². The predicted octanol–water partition coefficient (Wildman–Crippen LogP) is 1.66. The van der Waals surface area contributed by atoms with Crippen molar-refractivity contribution < 1.29 is 19.2 Å². The van der Waals surface area contributed by atoms with E-state index in [1.165, 1.54) is 23.9 Å². The Kier molecular flexibility index (Phi) is 4.72. The van der Waals surface area contributed by atoms with Crippen LogP contribution >= 0.6 is 11.8 Å². The molecule has 0 saturated carbocycles. The number of methoxy groups -OCH3 is 1. The Bertz CT molecular complexity index is 666. The number of nitro benzene ring substituents is 1. The molecule has 2 atom stereocenters. The molecule has 2 aliphatic rings. The van der Waals surface area contributed by atoms with Gasteiger partial charge in [-0.15, -0.1) is 0 Å². The third kappa shape index (κ3) is 2.84. The van der Waals surface area contributed by atoms with E-state index >= 15 is 0 Å². The second-order valence-corrected chi connectivity index (χ2v) is 6.62. The monoisotopic (exact) mass is 351 g/mol. The summed E-state index contributed by atoms with van der Waals surface area (Å²) in [7, 11) is 1.56. The van der Waals surface area contributed by atoms with E-state index in [1.807, 2.05) is 0 Å². The third-order valence-corrected chi connectivity index (χ3v) is 5.15. The summed E-state index contributed by atoms with van der Waals surface area (Å²) in [4.78, 5) is 38.1. The summed E-state index contributed by atoms with van der Waals surface area (Å²) >= 11 is 1.21. The Hall–Kier alpha value is -2.13. The van der Waals surface area contributed by atoms with Crippen molar-refractivity contribution in [1.29, 1.82) is 0 Å². The van der Waals surface area contributed by atoms with Gasteiger partial charge in [0.25, 0.3) is 10.9 Å². The number of hydrogen-bond donors (Lipinski definition) is 0. The maximum Gasteiger partial charge on any atom is 0.282 e. The highest BCUT2D eigenvalue weighted by atomic mass is 32.2. The number of hydrogen-bond acceptors (Lipinski definition) is 6. The van der Waals surface area contributed by atoms with Crippen LogP contribution in [0.2, 0.25) is 0 Å². The largest absolute Gasteiger partial charge is 0.383 e. The van der Waals surface area contributed by atoms with Gasteiger partial charge < -0.3 is 14.5 Å². The zero-order valence-corrected chi connectivity index (χ0v) is 13.9. The van der Waals surface area contributed by atoms with Crippen molar-refractivity contribution in [2.24, 2.45) is 0 Å². The molecule has 0 N–H and O–H groups in total. The minimum absolute atomic E-state index is 0.00260. The van der Waals surface area contributed by atoms with Gasteiger partial charge in [-0.05, 0) is 5.56 Å². The van der Waals surface area contributed by atoms with E-state index in [4.69, 9.17) is 4.74 Å². The highest BCUT2D eigenvalue weighted by molar-refractivity contribution is 8.13. The first-order valence-electron chi connectivity index (χ1n) is 7.51. The molecule has 0 spiro atoms. The number of carbonyl (C=O) groups is 2. The van der Waals surface area contributed by atoms with Crippen LogP contribution in [0.3, 0.4) is 0 Å². The maximum absolute atomic E-state index is 12.5. The minimum Gasteiger partial charge on any atom is -0.383 e. The first-order chi connectivity index (χ1) is 11.5. The van der Waals surface area contributed by atoms with Crippen molar-refractivity contribution >= 4 is 28.6 Å². The molecule has 128 valence electrons. The quantitative estimate of drug-likeness (QED) is 0.440. The molecule has 0 aromatic heterocycles. The SMILES string of the molecule is COCCN1C(=O)[C@@H](N2CCSC2=O)[C@H]1c1ccc([N+](=O)[O-])cc1. The van der Waals surface area contributed by atoms with E-state index in [-0.39, 0.29) is 22.9 Å². The van der Waals surface area contributed by atoms with Crippen molar-refractivity contribution in [2.45, 2.75) is 12.1 Å². The maximum atomic E-state index is 12.5. The van der Waals surface area contributed by atoms with Crippen LogP contribution in [-0.4, -0.2) is 64.5 Å². The highest BCUT2D eigenvalue weighted by Crippen LogP contribution is 2.40. The number of carbonyl (C=O) groups excluding carboxylic acids is 2. The second kappa shape index (κ2) is 6.78. The van der Waals surface area contributed by atoms with Crippen LogP contribution in [-0.2, 0) is 9.53 Å². The molecule has 2 amide bonds. The molecule has 1 aromatic carbocycles. The number of thioether (sulfide) groups is 1. The van der Waals surface area contributed by atoms with Crippen LogP contribution in [0.25, 0.3) is 0 Å². The number of likely N-dealkylation sites (tertiary alicyclic amines) is 1. The smallest absolute Gasteiger partial charge is 0.282 e. The predicted molar refractivity (Wildman–Crippen MR) is 87.8 cm³/mol. The number of rotatable bonds is 6. The van der Waals surface area contributed by atoms with Crippen LogP contribution in [0, 0.1) is 10.1 Å². The van der Waals surface area contributed by atoms with Crippen LogP contribution in [0.15, 0.2) is 24.3 Å². The van der Waals surface area contributed by atoms with Gasteiger partial charge in [-0.25, -0.2) is 0 Å². The lowest BCUT2D eigenvalue weighted by atomic mass is 9.87. The number of benzene rings is 1. The molecule has 2 aliphatic heterocycles. The van der Waals surface area contributed by atoms with Gasteiger partial charge in [-0.3, -0.25) is 19.7 Å². The van der Waals surface area contributed by atoms with Crippen molar-refractivity contribution in [3.05, 3.63) is 39.9 Å². The van der Waals surface area contributed by atoms with Crippen LogP contribution in [0.1, 0.15) is 11.6 Å². The number of β-lactam (4-membered cyclic amide) rings is 1. The molecule has 2 saturated heterocycles. The van der Waals surface area contributed by atoms with Gasteiger partial charge in [0.05, 0.1) is 17.6 Å². The Morgan fingerprint density at radius 3 is 2.54 bits per heavy atom. The first kappa shape index (κ1) is 16.7. The van der Waals surface area contributed by atoms with Gasteiger partial charge in [0.2, 0.25) is 5.91 Å². The van der Waals surface area contributed by atoms with E-state index in [2.05, 4.69) is 0 Å². The average molecular weight is 351 g/mol. The van der Waals surface area contributed by atoms with Gasteiger partial charge >= 0.3 is 0 Å². The lowest BCUT2D eigenvalue weighted by Crippen LogP contribution is -2.66. The Morgan fingerprint density at radius 2 is 2.00 bits per heavy atom. The summed E-state index contributed by atoms with van der Waals surface area (Å²) in [6.07, 6.45) is 0. The van der Waals surface area contributed by atoms with Crippen molar-refractivity contribution in [3.63, 3.8) is 0 Å². The third-order valence-electron chi connectivity index (χ3n) is 4.28. The van der Waals surface area contributed by atoms with Crippen molar-refractivity contribution in [2.75, 3.05) is 32.6 Å². The fourth-order valence-corrected chi connectivity index (χ4v) is 3.92. The summed E-state index contributed by atoms with van der Waals surface area (Å²) in [5.74, 6) is 0.569. The molecule has 24 heavy (non-hydrogen) atoms. The van der Waals surface area contributed by atoms with Gasteiger partial charge in [-0.2, -0.15) is 0 Å². The molecule has 1 aromatic rings. The number of non-ortho nitro benzene ring substituents is 1. The van der Waals surface area contributed by atoms with E-state index < -0.39 is 11.0 Å². The first-order valence-corrected chi connectivity index (χ1v) is 8.50. The summed E-state index contributed by atoms with van der Waals surface area (Å²) in [5, 5.41) is 10.7. The van der Waals surface area contributed by atoms with Crippen LogP contribution < -0.4 is 0 Å². The van der Waals surface area contributed by atoms with E-state index in [9.17, 15) is 19.7 Å². The molecule has 0 bridgehead atoms. The Morgan fingerprint density at radius 1 is 1.29 bits per heavy atom. The average Bonchev–Trinajstić information content (AvgIpc) is 2.98. The fourth-order valence-electron chi connectivity index (χ4n) is 3.09. The topological polar surface area (TPSA) is 93.0 Å². The number of ether oxygens (including phenoxy) is 1. The summed E-state index contributed by atoms with van der Waals surface area (Å²) in [6.45, 7) is 1.36. The lowest BCUT2D eigenvalue weighted by molar-refractivity contribution is -0.384. The van der Waals surface area contributed by atoms with Gasteiger partial charge in [0.15, 0.2) is 0 Å². The fraction of sp³-hybridized carbons (Fsp3) is 0.467. The highest BCUT2D eigenvalue weighted by Gasteiger charge is 2.53. The van der Waals surface area contributed by atoms with E-state index in [0.29, 0.717) is 25.4 Å². The molecule has 2 fully saturated rings. The van der Waals surface area contributed by atoms with Gasteiger partial charge in [-0.1, -0.05) is 23.9 Å². The normalized spacial score (nSPS) is 23.5. The Labute approximate surface area is 142 Å².